The number of hydrogen-bond acceptors (Lipinski definition) is 2. The number of rotatable bonds is 19. The van der Waals surface area contributed by atoms with Crippen molar-refractivity contribution >= 4 is 0 Å². The van der Waals surface area contributed by atoms with Gasteiger partial charge in [0.2, 0.25) is 0 Å². The highest BCUT2D eigenvalue weighted by atomic mass is 16.8. The van der Waals surface area contributed by atoms with Gasteiger partial charge in [-0.05, 0) is 6.42 Å². The highest BCUT2D eigenvalue weighted by molar-refractivity contribution is 4.50. The van der Waals surface area contributed by atoms with Crippen LogP contribution in [0.25, 0.3) is 0 Å². The van der Waals surface area contributed by atoms with Crippen LogP contribution in [0.15, 0.2) is 0 Å². The van der Waals surface area contributed by atoms with E-state index in [-0.39, 0.29) is 6.42 Å². The molecule has 24 heavy (non-hydrogen) atoms. The van der Waals surface area contributed by atoms with Crippen LogP contribution in [-0.2, 0) is 9.84 Å². The Kier molecular flexibility index (Phi) is 17.6. The van der Waals surface area contributed by atoms with Crippen molar-refractivity contribution in [2.75, 3.05) is 6.61 Å². The molecule has 1 unspecified atom stereocenters. The van der Waals surface area contributed by atoms with Crippen molar-refractivity contribution < 1.29 is 14.9 Å². The van der Waals surface area contributed by atoms with Gasteiger partial charge in [0.1, 0.15) is 0 Å². The lowest BCUT2D eigenvalue weighted by atomic mass is 10.0. The maximum Gasteiger partial charge on any atom is 0.309 e. The lowest BCUT2D eigenvalue weighted by molar-refractivity contribution is -0.368. The third kappa shape index (κ3) is 18.2. The van der Waals surface area contributed by atoms with E-state index in [0.29, 0.717) is 6.61 Å². The zero-order chi connectivity index (χ0) is 17.9. The van der Waals surface area contributed by atoms with Gasteiger partial charge in [-0.3, -0.25) is 0 Å². The maximum absolute atomic E-state index is 11.2. The topological polar surface area (TPSA) is 49.4 Å². The third-order valence-electron chi connectivity index (χ3n) is 4.77. The van der Waals surface area contributed by atoms with Crippen LogP contribution >= 0.6 is 0 Å². The first-order valence-corrected chi connectivity index (χ1v) is 10.7. The van der Waals surface area contributed by atoms with Crippen molar-refractivity contribution in [3.05, 3.63) is 0 Å². The average Bonchev–Trinajstić information content (AvgIpc) is 2.57. The molecule has 0 heterocycles. The van der Waals surface area contributed by atoms with Crippen molar-refractivity contribution in [3.63, 3.8) is 0 Å². The molecular weight excluding hydrogens is 300 g/mol. The van der Waals surface area contributed by atoms with E-state index in [1.165, 1.54) is 89.9 Å². The molecule has 3 nitrogen and oxygen atoms in total. The summed E-state index contributed by atoms with van der Waals surface area (Å²) in [6, 6.07) is 0. The van der Waals surface area contributed by atoms with Crippen LogP contribution in [-0.4, -0.2) is 17.7 Å². The second-order valence-corrected chi connectivity index (χ2v) is 7.22. The molecule has 3 heteroatoms. The lowest BCUT2D eigenvalue weighted by Gasteiger charge is -2.17. The van der Waals surface area contributed by atoms with Crippen LogP contribution in [0.3, 0.4) is 0 Å². The van der Waals surface area contributed by atoms with Crippen LogP contribution in [0.5, 0.6) is 0 Å². The molecular formula is C21H43O3. The van der Waals surface area contributed by atoms with Crippen LogP contribution in [0.1, 0.15) is 123 Å². The first kappa shape index (κ1) is 23.9. The Morgan fingerprint density at radius 3 is 1.29 bits per heavy atom. The van der Waals surface area contributed by atoms with Crippen LogP contribution in [0, 0.1) is 0 Å². The molecule has 0 spiro atoms. The number of hydrogen-bond donors (Lipinski definition) is 1. The minimum absolute atomic E-state index is 0.103. The first-order chi connectivity index (χ1) is 11.6. The Bertz CT molecular complexity index is 241. The molecule has 0 aromatic rings. The second-order valence-electron chi connectivity index (χ2n) is 7.22. The van der Waals surface area contributed by atoms with Gasteiger partial charge in [0.05, 0.1) is 6.61 Å². The van der Waals surface area contributed by atoms with Crippen molar-refractivity contribution in [1.29, 1.82) is 0 Å². The molecule has 0 bridgehead atoms. The Morgan fingerprint density at radius 1 is 0.625 bits per heavy atom. The lowest BCUT2D eigenvalue weighted by Crippen LogP contribution is -2.29. The average molecular weight is 344 g/mol. The predicted molar refractivity (Wildman–Crippen MR) is 101 cm³/mol. The molecule has 0 aromatic carbocycles. The Balaban J connectivity index is 3.05. The molecule has 0 aromatic heterocycles. The molecule has 0 aliphatic rings. The highest BCUT2D eigenvalue weighted by Crippen LogP contribution is 2.14. The number of ether oxygens (including phenoxy) is 1. The normalized spacial score (nSPS) is 12.0. The minimum atomic E-state index is -2.17. The van der Waals surface area contributed by atoms with Gasteiger partial charge in [-0.1, -0.05) is 110 Å². The van der Waals surface area contributed by atoms with E-state index >= 15 is 0 Å². The first-order valence-electron chi connectivity index (χ1n) is 10.7. The van der Waals surface area contributed by atoms with E-state index < -0.39 is 5.97 Å². The zero-order valence-electron chi connectivity index (χ0n) is 16.5. The van der Waals surface area contributed by atoms with Gasteiger partial charge in [-0.2, -0.15) is 5.11 Å². The molecule has 0 aliphatic carbocycles. The van der Waals surface area contributed by atoms with Crippen molar-refractivity contribution in [2.45, 2.75) is 129 Å². The van der Waals surface area contributed by atoms with E-state index in [1.807, 2.05) is 0 Å². The van der Waals surface area contributed by atoms with Gasteiger partial charge in [0.15, 0.2) is 0 Å². The fraction of sp³-hybridized carbons (Fsp3) is 1.00. The van der Waals surface area contributed by atoms with Gasteiger partial charge in [0, 0.05) is 6.42 Å². The standard InChI is InChI=1S/C21H43O3/c1-3-5-6-7-8-9-10-11-12-13-14-15-16-17-18-19-20-24-21(22,23)4-2/h22H,3-20H2,1-2H3. The largest absolute Gasteiger partial charge is 0.342 e. The monoisotopic (exact) mass is 343 g/mol. The van der Waals surface area contributed by atoms with E-state index in [0.717, 1.165) is 12.8 Å². The van der Waals surface area contributed by atoms with E-state index in [4.69, 9.17) is 4.74 Å². The maximum atomic E-state index is 11.2. The van der Waals surface area contributed by atoms with Crippen LogP contribution in [0.2, 0.25) is 0 Å². The smallest absolute Gasteiger partial charge is 0.309 e. The number of unbranched alkanes of at least 4 members (excludes halogenated alkanes) is 15. The number of aliphatic hydroxyl groups is 1. The van der Waals surface area contributed by atoms with Crippen molar-refractivity contribution in [2.24, 2.45) is 0 Å². The second kappa shape index (κ2) is 17.7. The summed E-state index contributed by atoms with van der Waals surface area (Å²) in [7, 11) is 0. The third-order valence-corrected chi connectivity index (χ3v) is 4.77. The molecule has 0 aliphatic heterocycles. The summed E-state index contributed by atoms with van der Waals surface area (Å²) < 4.78 is 4.90. The predicted octanol–water partition coefficient (Wildman–Crippen LogP) is 6.75. The van der Waals surface area contributed by atoms with Crippen molar-refractivity contribution in [3.8, 4) is 0 Å². The molecule has 0 rings (SSSR count). The van der Waals surface area contributed by atoms with Crippen molar-refractivity contribution in [1.82, 2.24) is 0 Å². The molecule has 145 valence electrons. The van der Waals surface area contributed by atoms with Gasteiger partial charge in [-0.15, -0.1) is 0 Å². The Morgan fingerprint density at radius 2 is 0.958 bits per heavy atom. The zero-order valence-corrected chi connectivity index (χ0v) is 16.5. The summed E-state index contributed by atoms with van der Waals surface area (Å²) in [4.78, 5) is 0. The fourth-order valence-corrected chi connectivity index (χ4v) is 2.98. The van der Waals surface area contributed by atoms with E-state index in [1.54, 1.807) is 6.92 Å². The highest BCUT2D eigenvalue weighted by Gasteiger charge is 2.22. The van der Waals surface area contributed by atoms with Crippen LogP contribution < -0.4 is 0 Å². The fourth-order valence-electron chi connectivity index (χ4n) is 2.98. The quantitative estimate of drug-likeness (QED) is 0.208. The summed E-state index contributed by atoms with van der Waals surface area (Å²) in [6.07, 6.45) is 21.4. The summed E-state index contributed by atoms with van der Waals surface area (Å²) in [5.74, 6) is -2.17. The van der Waals surface area contributed by atoms with Gasteiger partial charge < -0.3 is 9.84 Å². The molecule has 1 atom stereocenters. The minimum Gasteiger partial charge on any atom is -0.342 e. The Labute approximate surface area is 151 Å². The summed E-state index contributed by atoms with van der Waals surface area (Å²) in [5, 5.41) is 20.3. The van der Waals surface area contributed by atoms with Gasteiger partial charge >= 0.3 is 5.97 Å². The van der Waals surface area contributed by atoms with Crippen LogP contribution in [0.4, 0.5) is 0 Å². The molecule has 0 saturated carbocycles. The summed E-state index contributed by atoms with van der Waals surface area (Å²) in [5.41, 5.74) is 0. The molecule has 0 fully saturated rings. The van der Waals surface area contributed by atoms with E-state index in [9.17, 15) is 10.2 Å². The molecule has 1 N–H and O–H groups in total. The molecule has 1 radical (unpaired) electrons. The summed E-state index contributed by atoms with van der Waals surface area (Å²) >= 11 is 0. The van der Waals surface area contributed by atoms with Gasteiger partial charge in [0.25, 0.3) is 0 Å². The Hall–Kier alpha value is -0.120. The molecule has 0 saturated heterocycles. The summed E-state index contributed by atoms with van der Waals surface area (Å²) in [6.45, 7) is 4.29. The SMILES string of the molecule is CCCCCCCCCCCCCCCCCCOC([O])(O)CC. The van der Waals surface area contributed by atoms with Gasteiger partial charge in [-0.25, -0.2) is 0 Å². The van der Waals surface area contributed by atoms with E-state index in [2.05, 4.69) is 6.92 Å². The molecule has 0 amide bonds.